The van der Waals surface area contributed by atoms with Gasteiger partial charge in [0, 0.05) is 11.1 Å². The van der Waals surface area contributed by atoms with Crippen molar-refractivity contribution in [3.63, 3.8) is 0 Å². The van der Waals surface area contributed by atoms with E-state index in [4.69, 9.17) is 17.2 Å². The summed E-state index contributed by atoms with van der Waals surface area (Å²) in [5.41, 5.74) is 1.55. The van der Waals surface area contributed by atoms with Crippen molar-refractivity contribution in [1.29, 1.82) is 5.26 Å². The molecule has 5 heteroatoms. The highest BCUT2D eigenvalue weighted by atomic mass is 32.1. The lowest BCUT2D eigenvalue weighted by molar-refractivity contribution is 0.112. The number of amidine groups is 1. The zero-order valence-electron chi connectivity index (χ0n) is 18.7. The summed E-state index contributed by atoms with van der Waals surface area (Å²) in [6.07, 6.45) is 9.96. The van der Waals surface area contributed by atoms with Gasteiger partial charge in [0.25, 0.3) is 0 Å². The van der Waals surface area contributed by atoms with Gasteiger partial charge in [-0.15, -0.1) is 0 Å². The van der Waals surface area contributed by atoms with E-state index in [1.165, 1.54) is 38.5 Å². The van der Waals surface area contributed by atoms with Crippen LogP contribution in [0.1, 0.15) is 77.7 Å². The molecule has 1 unspecified atom stereocenters. The van der Waals surface area contributed by atoms with Gasteiger partial charge in [0.05, 0.1) is 28.2 Å². The second-order valence-corrected chi connectivity index (χ2v) is 10.5. The highest BCUT2D eigenvalue weighted by Crippen LogP contribution is 2.50. The average Bonchev–Trinajstić information content (AvgIpc) is 2.95. The molecular formula is C25H34N4S. The van der Waals surface area contributed by atoms with Crippen molar-refractivity contribution in [3.05, 3.63) is 29.8 Å². The minimum absolute atomic E-state index is 0.00288. The second-order valence-electron chi connectivity index (χ2n) is 10.2. The lowest BCUT2D eigenvalue weighted by Crippen LogP contribution is -2.53. The quantitative estimate of drug-likeness (QED) is 0.573. The molecule has 1 spiro atoms. The van der Waals surface area contributed by atoms with E-state index in [-0.39, 0.29) is 17.0 Å². The van der Waals surface area contributed by atoms with Crippen molar-refractivity contribution in [2.24, 2.45) is 10.4 Å². The Morgan fingerprint density at radius 3 is 2.17 bits per heavy atom. The second kappa shape index (κ2) is 8.40. The Morgan fingerprint density at radius 1 is 1.00 bits per heavy atom. The zero-order valence-corrected chi connectivity index (χ0v) is 19.5. The smallest absolute Gasteiger partial charge is 0.127 e. The van der Waals surface area contributed by atoms with Crippen LogP contribution in [0.15, 0.2) is 29.3 Å². The molecule has 0 bridgehead atoms. The summed E-state index contributed by atoms with van der Waals surface area (Å²) in [7, 11) is 0. The first-order valence-corrected chi connectivity index (χ1v) is 12.0. The van der Waals surface area contributed by atoms with Crippen molar-refractivity contribution >= 4 is 28.7 Å². The summed E-state index contributed by atoms with van der Waals surface area (Å²) in [6.45, 7) is 8.82. The SMILES string of the molecule is CC(C)(C)N=C1C(N2CCCCC2)C2(CCCCC2)C(=S)N1c1ccc(C#N)cc1. The minimum atomic E-state index is -0.177. The van der Waals surface area contributed by atoms with Crippen LogP contribution in [0.5, 0.6) is 0 Å². The number of anilines is 1. The van der Waals surface area contributed by atoms with E-state index in [1.54, 1.807) is 0 Å². The van der Waals surface area contributed by atoms with Crippen LogP contribution < -0.4 is 4.90 Å². The highest BCUT2D eigenvalue weighted by molar-refractivity contribution is 7.80. The Morgan fingerprint density at radius 2 is 1.60 bits per heavy atom. The Kier molecular flexibility index (Phi) is 6.01. The fourth-order valence-electron chi connectivity index (χ4n) is 5.56. The molecule has 1 atom stereocenters. The number of hydrogen-bond acceptors (Lipinski definition) is 4. The third-order valence-corrected chi connectivity index (χ3v) is 7.42. The fraction of sp³-hybridized carbons (Fsp3) is 0.640. The highest BCUT2D eigenvalue weighted by Gasteiger charge is 2.57. The van der Waals surface area contributed by atoms with E-state index in [9.17, 15) is 5.26 Å². The van der Waals surface area contributed by atoms with Crippen molar-refractivity contribution in [2.75, 3.05) is 18.0 Å². The molecule has 0 aromatic heterocycles. The predicted octanol–water partition coefficient (Wildman–Crippen LogP) is 5.71. The van der Waals surface area contributed by atoms with Crippen LogP contribution in [0.4, 0.5) is 5.69 Å². The molecule has 3 fully saturated rings. The van der Waals surface area contributed by atoms with Crippen molar-refractivity contribution in [2.45, 2.75) is 83.7 Å². The van der Waals surface area contributed by atoms with Gasteiger partial charge >= 0.3 is 0 Å². The van der Waals surface area contributed by atoms with Gasteiger partial charge in [-0.2, -0.15) is 5.26 Å². The van der Waals surface area contributed by atoms with Gasteiger partial charge in [-0.25, -0.2) is 0 Å². The van der Waals surface area contributed by atoms with E-state index in [2.05, 4.69) is 36.6 Å². The Hall–Kier alpha value is -1.77. The van der Waals surface area contributed by atoms with Gasteiger partial charge in [0.1, 0.15) is 5.84 Å². The van der Waals surface area contributed by atoms with Crippen LogP contribution in [-0.4, -0.2) is 40.4 Å². The molecule has 160 valence electrons. The summed E-state index contributed by atoms with van der Waals surface area (Å²) < 4.78 is 0. The average molecular weight is 423 g/mol. The Labute approximate surface area is 187 Å². The summed E-state index contributed by atoms with van der Waals surface area (Å²) in [4.78, 5) is 11.3. The van der Waals surface area contributed by atoms with Crippen LogP contribution in [0.25, 0.3) is 0 Å². The molecule has 1 aromatic carbocycles. The third kappa shape index (κ3) is 3.92. The maximum absolute atomic E-state index is 9.24. The third-order valence-electron chi connectivity index (χ3n) is 6.83. The van der Waals surface area contributed by atoms with Gasteiger partial charge in [-0.1, -0.05) is 37.9 Å². The largest absolute Gasteiger partial charge is 0.293 e. The first-order valence-electron chi connectivity index (χ1n) is 11.5. The number of nitriles is 1. The van der Waals surface area contributed by atoms with Crippen molar-refractivity contribution < 1.29 is 0 Å². The Balaban J connectivity index is 1.86. The zero-order chi connectivity index (χ0) is 21.4. The molecule has 3 aliphatic rings. The van der Waals surface area contributed by atoms with E-state index < -0.39 is 0 Å². The van der Waals surface area contributed by atoms with Crippen molar-refractivity contribution in [1.82, 2.24) is 4.90 Å². The fourth-order valence-corrected chi connectivity index (χ4v) is 6.08. The van der Waals surface area contributed by atoms with Crippen LogP contribution >= 0.6 is 12.2 Å². The molecule has 1 aliphatic carbocycles. The van der Waals surface area contributed by atoms with E-state index in [0.717, 1.165) is 42.4 Å². The monoisotopic (exact) mass is 422 g/mol. The molecule has 2 saturated heterocycles. The predicted molar refractivity (Wildman–Crippen MR) is 128 cm³/mol. The number of aliphatic imine (C=N–C) groups is 1. The van der Waals surface area contributed by atoms with Crippen LogP contribution in [0, 0.1) is 16.7 Å². The van der Waals surface area contributed by atoms with E-state index >= 15 is 0 Å². The van der Waals surface area contributed by atoms with Crippen LogP contribution in [0.3, 0.4) is 0 Å². The number of piperidine rings is 1. The van der Waals surface area contributed by atoms with Gasteiger partial charge < -0.3 is 0 Å². The first-order chi connectivity index (χ1) is 14.4. The number of thiocarbonyl (C=S) groups is 1. The maximum atomic E-state index is 9.24. The molecule has 2 aliphatic heterocycles. The summed E-state index contributed by atoms with van der Waals surface area (Å²) in [5, 5.41) is 9.24. The van der Waals surface area contributed by atoms with Crippen LogP contribution in [-0.2, 0) is 0 Å². The molecule has 0 radical (unpaired) electrons. The molecule has 1 aromatic rings. The lowest BCUT2D eigenvalue weighted by atomic mass is 9.69. The van der Waals surface area contributed by atoms with Crippen molar-refractivity contribution in [3.8, 4) is 6.07 Å². The number of hydrogen-bond donors (Lipinski definition) is 0. The minimum Gasteiger partial charge on any atom is -0.293 e. The molecule has 2 heterocycles. The molecule has 0 amide bonds. The molecule has 30 heavy (non-hydrogen) atoms. The topological polar surface area (TPSA) is 42.6 Å². The van der Waals surface area contributed by atoms with Gasteiger partial charge in [-0.3, -0.25) is 14.8 Å². The van der Waals surface area contributed by atoms with E-state index in [1.807, 2.05) is 24.3 Å². The lowest BCUT2D eigenvalue weighted by Gasteiger charge is -2.44. The number of likely N-dealkylation sites (tertiary alicyclic amines) is 1. The standard InChI is InChI=1S/C25H34N4S/c1-24(2,3)27-22-21(28-16-8-5-9-17-28)25(14-6-4-7-15-25)23(30)29(22)20-12-10-19(18-26)11-13-20/h10-13,21H,4-9,14-17H2,1-3H3. The van der Waals surface area contributed by atoms with Gasteiger partial charge in [-0.05, 0) is 83.8 Å². The molecule has 1 saturated carbocycles. The number of nitrogens with zero attached hydrogens (tertiary/aromatic N) is 4. The first kappa shape index (κ1) is 21.5. The van der Waals surface area contributed by atoms with Gasteiger partial charge in [0.15, 0.2) is 0 Å². The summed E-state index contributed by atoms with van der Waals surface area (Å²) in [6, 6.07) is 10.4. The number of rotatable bonds is 2. The Bertz CT molecular complexity index is 847. The molecular weight excluding hydrogens is 388 g/mol. The molecule has 0 N–H and O–H groups in total. The van der Waals surface area contributed by atoms with Gasteiger partial charge in [0.2, 0.25) is 0 Å². The summed E-state index contributed by atoms with van der Waals surface area (Å²) in [5.74, 6) is 1.13. The maximum Gasteiger partial charge on any atom is 0.127 e. The van der Waals surface area contributed by atoms with Crippen LogP contribution in [0.2, 0.25) is 0 Å². The normalized spacial score (nSPS) is 26.3. The number of benzene rings is 1. The molecule has 4 nitrogen and oxygen atoms in total. The molecule has 4 rings (SSSR count). The summed E-state index contributed by atoms with van der Waals surface area (Å²) >= 11 is 6.28. The van der Waals surface area contributed by atoms with E-state index in [0.29, 0.717) is 5.56 Å².